The zero-order valence-corrected chi connectivity index (χ0v) is 72.1. The third-order valence-corrected chi connectivity index (χ3v) is 22.7. The molecule has 0 aliphatic rings. The molecule has 636 valence electrons. The SMILES string of the molecule is CCCCCCCCCCCCCCCCCCCCCCCC(=O)O[C@H](COC(=O)CCCCCCCCCCCCCCCCCCCCCC)COP(=O)(O)OC[C@@H](O)COP(=O)(O)OC[C@@H](COC(=O)CCCCCCCCCCCCC)OC(=O)CCCCCCCCCCCCCCC(C)C. The number of carbonyl (C=O) groups is 4. The number of aliphatic hydroxyl groups is 1. The topological polar surface area (TPSA) is 237 Å². The lowest BCUT2D eigenvalue weighted by atomic mass is 10.0. The van der Waals surface area contributed by atoms with E-state index in [1.54, 1.807) is 0 Å². The lowest BCUT2D eigenvalue weighted by molar-refractivity contribution is -0.161. The summed E-state index contributed by atoms with van der Waals surface area (Å²) in [7, 11) is -9.93. The summed E-state index contributed by atoms with van der Waals surface area (Å²) < 4.78 is 69.0. The van der Waals surface area contributed by atoms with Crippen molar-refractivity contribution < 1.29 is 80.2 Å². The highest BCUT2D eigenvalue weighted by Crippen LogP contribution is 2.45. The van der Waals surface area contributed by atoms with Gasteiger partial charge in [-0.25, -0.2) is 9.13 Å². The summed E-state index contributed by atoms with van der Waals surface area (Å²) in [6.45, 7) is 7.38. The van der Waals surface area contributed by atoms with E-state index in [4.69, 9.17) is 37.0 Å². The number of carbonyl (C=O) groups excluding carboxylic acids is 4. The molecule has 0 aliphatic carbocycles. The van der Waals surface area contributed by atoms with Gasteiger partial charge < -0.3 is 33.8 Å². The summed E-state index contributed by atoms with van der Waals surface area (Å²) in [5.74, 6) is -1.32. The number of phosphoric acid groups is 2. The number of ether oxygens (including phenoxy) is 4. The van der Waals surface area contributed by atoms with Gasteiger partial charge in [-0.2, -0.15) is 0 Å². The van der Waals surface area contributed by atoms with Crippen molar-refractivity contribution in [3.63, 3.8) is 0 Å². The van der Waals surface area contributed by atoms with E-state index in [9.17, 15) is 43.2 Å². The molecule has 0 rings (SSSR count). The molecule has 0 aromatic rings. The lowest BCUT2D eigenvalue weighted by Gasteiger charge is -2.21. The Morgan fingerprint density at radius 2 is 0.430 bits per heavy atom. The molecule has 0 aromatic heterocycles. The standard InChI is InChI=1S/C88H172O17P2/c1-6-9-12-15-18-21-24-26-28-30-32-34-36-38-40-42-48-53-58-63-68-73-87(92)104-84(78-99-86(91)72-67-62-57-52-47-41-39-37-35-33-31-29-27-25-22-19-16-13-10-7-2)80-103-107(96,97)101-76-82(89)75-100-106(94,95)102-79-83(77-98-85(90)71-66-61-56-51-45-23-20-17-14-11-8-3)105-88(93)74-69-64-59-54-49-44-43-46-50-55-60-65-70-81(4)5/h81-84,89H,6-80H2,1-5H3,(H,94,95)(H,96,97)/t82-,83+,84+/m0/s1. The van der Waals surface area contributed by atoms with Gasteiger partial charge in [0.05, 0.1) is 26.4 Å². The Kier molecular flexibility index (Phi) is 79.2. The molecule has 0 radical (unpaired) electrons. The second kappa shape index (κ2) is 80.7. The molecule has 17 nitrogen and oxygen atoms in total. The van der Waals surface area contributed by atoms with Crippen molar-refractivity contribution in [2.45, 2.75) is 496 Å². The second-order valence-corrected chi connectivity index (χ2v) is 35.0. The van der Waals surface area contributed by atoms with Gasteiger partial charge in [0.1, 0.15) is 19.3 Å². The summed E-state index contributed by atoms with van der Waals surface area (Å²) in [4.78, 5) is 73.3. The molecule has 3 N–H and O–H groups in total. The van der Waals surface area contributed by atoms with Gasteiger partial charge in [-0.3, -0.25) is 37.3 Å². The molecule has 0 saturated heterocycles. The van der Waals surface area contributed by atoms with E-state index in [0.29, 0.717) is 25.7 Å². The second-order valence-electron chi connectivity index (χ2n) is 32.1. The number of unbranched alkanes of at least 4 members (excludes halogenated alkanes) is 60. The van der Waals surface area contributed by atoms with E-state index in [1.165, 1.54) is 302 Å². The van der Waals surface area contributed by atoms with Crippen LogP contribution in [0, 0.1) is 5.92 Å². The first-order chi connectivity index (χ1) is 52.0. The number of rotatable bonds is 88. The molecule has 0 fully saturated rings. The normalized spacial score (nSPS) is 13.7. The number of aliphatic hydroxyl groups excluding tert-OH is 1. The summed E-state index contributed by atoms with van der Waals surface area (Å²) in [6, 6.07) is 0. The molecule has 0 heterocycles. The van der Waals surface area contributed by atoms with Crippen LogP contribution in [0.2, 0.25) is 0 Å². The maximum atomic E-state index is 13.2. The third kappa shape index (κ3) is 81.9. The van der Waals surface area contributed by atoms with Crippen molar-refractivity contribution in [3.8, 4) is 0 Å². The molecule has 0 amide bonds. The van der Waals surface area contributed by atoms with Crippen LogP contribution in [0.25, 0.3) is 0 Å². The third-order valence-electron chi connectivity index (χ3n) is 20.8. The van der Waals surface area contributed by atoms with Crippen LogP contribution in [-0.4, -0.2) is 96.7 Å². The van der Waals surface area contributed by atoms with Crippen molar-refractivity contribution >= 4 is 39.5 Å². The van der Waals surface area contributed by atoms with Crippen molar-refractivity contribution in [2.24, 2.45) is 5.92 Å². The van der Waals surface area contributed by atoms with Gasteiger partial charge in [-0.1, -0.05) is 426 Å². The molecule has 0 bridgehead atoms. The van der Waals surface area contributed by atoms with Crippen LogP contribution in [0.1, 0.15) is 478 Å². The first kappa shape index (κ1) is 105. The Balaban J connectivity index is 5.23. The molecule has 19 heteroatoms. The van der Waals surface area contributed by atoms with E-state index in [0.717, 1.165) is 95.8 Å². The van der Waals surface area contributed by atoms with Crippen molar-refractivity contribution in [1.29, 1.82) is 0 Å². The first-order valence-electron chi connectivity index (χ1n) is 45.6. The zero-order valence-electron chi connectivity index (χ0n) is 70.3. The van der Waals surface area contributed by atoms with Crippen LogP contribution < -0.4 is 0 Å². The van der Waals surface area contributed by atoms with Gasteiger partial charge in [0.15, 0.2) is 12.2 Å². The van der Waals surface area contributed by atoms with Crippen LogP contribution in [-0.2, 0) is 65.4 Å². The predicted molar refractivity (Wildman–Crippen MR) is 442 cm³/mol. The molecular formula is C88H172O17P2. The van der Waals surface area contributed by atoms with Crippen LogP contribution >= 0.6 is 15.6 Å². The Labute approximate surface area is 658 Å². The molecule has 0 aromatic carbocycles. The molecular weight excluding hydrogens is 1390 g/mol. The highest BCUT2D eigenvalue weighted by molar-refractivity contribution is 7.47. The summed E-state index contributed by atoms with van der Waals surface area (Å²) >= 11 is 0. The van der Waals surface area contributed by atoms with Crippen molar-refractivity contribution in [1.82, 2.24) is 0 Å². The predicted octanol–water partition coefficient (Wildman–Crippen LogP) is 27.2. The molecule has 0 spiro atoms. The zero-order chi connectivity index (χ0) is 78.3. The number of phosphoric ester groups is 2. The maximum absolute atomic E-state index is 13.2. The van der Waals surface area contributed by atoms with Crippen LogP contribution in [0.4, 0.5) is 0 Å². The minimum Gasteiger partial charge on any atom is -0.462 e. The van der Waals surface area contributed by atoms with Gasteiger partial charge in [0.25, 0.3) is 0 Å². The van der Waals surface area contributed by atoms with E-state index >= 15 is 0 Å². The molecule has 2 unspecified atom stereocenters. The quantitative estimate of drug-likeness (QED) is 0.0222. The van der Waals surface area contributed by atoms with E-state index < -0.39 is 97.5 Å². The molecule has 0 aliphatic heterocycles. The largest absolute Gasteiger partial charge is 0.472 e. The van der Waals surface area contributed by atoms with Crippen molar-refractivity contribution in [3.05, 3.63) is 0 Å². The Bertz CT molecular complexity index is 2030. The first-order valence-corrected chi connectivity index (χ1v) is 48.6. The fourth-order valence-corrected chi connectivity index (χ4v) is 15.4. The highest BCUT2D eigenvalue weighted by atomic mass is 31.2. The van der Waals surface area contributed by atoms with E-state index in [1.807, 2.05) is 0 Å². The average Bonchev–Trinajstić information content (AvgIpc) is 0.901. The van der Waals surface area contributed by atoms with Gasteiger partial charge in [-0.05, 0) is 31.6 Å². The van der Waals surface area contributed by atoms with E-state index in [2.05, 4.69) is 34.6 Å². The number of hydrogen-bond acceptors (Lipinski definition) is 15. The average molecular weight is 1560 g/mol. The molecule has 107 heavy (non-hydrogen) atoms. The minimum absolute atomic E-state index is 0.108. The number of esters is 4. The maximum Gasteiger partial charge on any atom is 0.472 e. The van der Waals surface area contributed by atoms with Crippen LogP contribution in [0.5, 0.6) is 0 Å². The number of hydrogen-bond donors (Lipinski definition) is 3. The fraction of sp³-hybridized carbons (Fsp3) is 0.955. The fourth-order valence-electron chi connectivity index (χ4n) is 13.8. The molecule has 5 atom stereocenters. The highest BCUT2D eigenvalue weighted by Gasteiger charge is 2.30. The van der Waals surface area contributed by atoms with E-state index in [-0.39, 0.29) is 25.7 Å². The summed E-state index contributed by atoms with van der Waals surface area (Å²) in [6.07, 6.45) is 75.1. The van der Waals surface area contributed by atoms with Gasteiger partial charge >= 0.3 is 39.5 Å². The Morgan fingerprint density at radius 1 is 0.252 bits per heavy atom. The lowest BCUT2D eigenvalue weighted by Crippen LogP contribution is -2.30. The monoisotopic (exact) mass is 1560 g/mol. The van der Waals surface area contributed by atoms with Gasteiger partial charge in [0.2, 0.25) is 0 Å². The minimum atomic E-state index is -4.97. The van der Waals surface area contributed by atoms with Crippen molar-refractivity contribution in [2.75, 3.05) is 39.6 Å². The van der Waals surface area contributed by atoms with Gasteiger partial charge in [-0.15, -0.1) is 0 Å². The van der Waals surface area contributed by atoms with Crippen LogP contribution in [0.15, 0.2) is 0 Å². The Morgan fingerprint density at radius 3 is 0.636 bits per heavy atom. The van der Waals surface area contributed by atoms with Gasteiger partial charge in [0, 0.05) is 25.7 Å². The smallest absolute Gasteiger partial charge is 0.462 e. The Hall–Kier alpha value is -1.94. The molecule has 0 saturated carbocycles. The summed E-state index contributed by atoms with van der Waals surface area (Å²) in [5, 5.41) is 10.7. The summed E-state index contributed by atoms with van der Waals surface area (Å²) in [5.41, 5.74) is 0. The van der Waals surface area contributed by atoms with Crippen LogP contribution in [0.3, 0.4) is 0 Å².